The SMILES string of the molecule is Cc1ccc2nc(Nc3ccc(Cl)c(F)c3)sc2c1. The van der Waals surface area contributed by atoms with Crippen molar-refractivity contribution in [1.29, 1.82) is 0 Å². The summed E-state index contributed by atoms with van der Waals surface area (Å²) >= 11 is 7.19. The van der Waals surface area contributed by atoms with Crippen LogP contribution in [0.25, 0.3) is 10.2 Å². The Balaban J connectivity index is 1.94. The Bertz CT molecular complexity index is 754. The third-order valence-corrected chi connectivity index (χ3v) is 3.95. The van der Waals surface area contributed by atoms with Crippen molar-refractivity contribution >= 4 is 44.0 Å². The molecule has 96 valence electrons. The number of thiazole rings is 1. The van der Waals surface area contributed by atoms with Crippen LogP contribution in [0, 0.1) is 12.7 Å². The molecule has 1 N–H and O–H groups in total. The van der Waals surface area contributed by atoms with Crippen molar-refractivity contribution in [2.75, 3.05) is 5.32 Å². The normalized spacial score (nSPS) is 10.9. The van der Waals surface area contributed by atoms with Crippen LogP contribution in [-0.2, 0) is 0 Å². The van der Waals surface area contributed by atoms with Crippen LogP contribution < -0.4 is 5.32 Å². The van der Waals surface area contributed by atoms with Crippen molar-refractivity contribution < 1.29 is 4.39 Å². The fourth-order valence-electron chi connectivity index (χ4n) is 1.78. The van der Waals surface area contributed by atoms with Crippen molar-refractivity contribution in [1.82, 2.24) is 4.98 Å². The number of anilines is 2. The molecule has 0 atom stereocenters. The second-order valence-electron chi connectivity index (χ2n) is 4.24. The Morgan fingerprint density at radius 3 is 2.84 bits per heavy atom. The Labute approximate surface area is 118 Å². The van der Waals surface area contributed by atoms with Crippen LogP contribution >= 0.6 is 22.9 Å². The molecule has 19 heavy (non-hydrogen) atoms. The number of rotatable bonds is 2. The molecule has 3 rings (SSSR count). The zero-order valence-corrected chi connectivity index (χ0v) is 11.6. The van der Waals surface area contributed by atoms with E-state index in [0.717, 1.165) is 15.3 Å². The van der Waals surface area contributed by atoms with Gasteiger partial charge in [0.1, 0.15) is 5.82 Å². The van der Waals surface area contributed by atoms with Crippen molar-refractivity contribution in [2.45, 2.75) is 6.92 Å². The van der Waals surface area contributed by atoms with E-state index in [9.17, 15) is 4.39 Å². The van der Waals surface area contributed by atoms with E-state index in [1.165, 1.54) is 29.0 Å². The molecular formula is C14H10ClFN2S. The number of benzene rings is 2. The molecule has 2 aromatic carbocycles. The number of aromatic nitrogens is 1. The van der Waals surface area contributed by atoms with Gasteiger partial charge in [-0.1, -0.05) is 29.0 Å². The number of hydrogen-bond acceptors (Lipinski definition) is 3. The van der Waals surface area contributed by atoms with Gasteiger partial charge in [0.25, 0.3) is 0 Å². The Morgan fingerprint density at radius 1 is 1.21 bits per heavy atom. The maximum atomic E-state index is 13.4. The second-order valence-corrected chi connectivity index (χ2v) is 5.68. The van der Waals surface area contributed by atoms with E-state index >= 15 is 0 Å². The average Bonchev–Trinajstić information content (AvgIpc) is 2.75. The average molecular weight is 293 g/mol. The molecule has 0 aliphatic carbocycles. The minimum atomic E-state index is -0.441. The molecule has 0 fully saturated rings. The van der Waals surface area contributed by atoms with Gasteiger partial charge in [-0.25, -0.2) is 9.37 Å². The molecule has 1 heterocycles. The summed E-state index contributed by atoms with van der Waals surface area (Å²) in [5.41, 5.74) is 2.77. The van der Waals surface area contributed by atoms with E-state index in [2.05, 4.69) is 16.4 Å². The summed E-state index contributed by atoms with van der Waals surface area (Å²) in [6.45, 7) is 2.04. The van der Waals surface area contributed by atoms with Gasteiger partial charge in [-0.2, -0.15) is 0 Å². The highest BCUT2D eigenvalue weighted by atomic mass is 35.5. The minimum absolute atomic E-state index is 0.116. The molecule has 0 spiro atoms. The lowest BCUT2D eigenvalue weighted by molar-refractivity contribution is 0.629. The fourth-order valence-corrected chi connectivity index (χ4v) is 2.88. The molecule has 0 radical (unpaired) electrons. The smallest absolute Gasteiger partial charge is 0.188 e. The highest BCUT2D eigenvalue weighted by Crippen LogP contribution is 2.29. The van der Waals surface area contributed by atoms with Gasteiger partial charge in [0.15, 0.2) is 5.13 Å². The minimum Gasteiger partial charge on any atom is -0.331 e. The van der Waals surface area contributed by atoms with E-state index in [4.69, 9.17) is 11.6 Å². The topological polar surface area (TPSA) is 24.9 Å². The van der Waals surface area contributed by atoms with Crippen molar-refractivity contribution in [3.05, 3.63) is 52.8 Å². The number of fused-ring (bicyclic) bond motifs is 1. The fraction of sp³-hybridized carbons (Fsp3) is 0.0714. The quantitative estimate of drug-likeness (QED) is 0.707. The van der Waals surface area contributed by atoms with Crippen LogP contribution in [0.5, 0.6) is 0 Å². The number of halogens is 2. The first-order valence-electron chi connectivity index (χ1n) is 5.71. The predicted molar refractivity (Wildman–Crippen MR) is 79.0 cm³/mol. The van der Waals surface area contributed by atoms with Crippen molar-refractivity contribution in [3.8, 4) is 0 Å². The summed E-state index contributed by atoms with van der Waals surface area (Å²) in [5.74, 6) is -0.441. The highest BCUT2D eigenvalue weighted by Gasteiger charge is 2.06. The van der Waals surface area contributed by atoms with Gasteiger partial charge in [0.05, 0.1) is 15.2 Å². The summed E-state index contributed by atoms with van der Waals surface area (Å²) in [6.07, 6.45) is 0. The maximum Gasteiger partial charge on any atom is 0.188 e. The lowest BCUT2D eigenvalue weighted by atomic mass is 10.2. The summed E-state index contributed by atoms with van der Waals surface area (Å²) in [5, 5.41) is 3.94. The summed E-state index contributed by atoms with van der Waals surface area (Å²) < 4.78 is 14.5. The van der Waals surface area contributed by atoms with Crippen LogP contribution in [0.1, 0.15) is 5.56 Å². The Hall–Kier alpha value is -1.65. The molecular weight excluding hydrogens is 283 g/mol. The molecule has 0 saturated carbocycles. The Morgan fingerprint density at radius 2 is 2.05 bits per heavy atom. The second kappa shape index (κ2) is 4.79. The van der Waals surface area contributed by atoms with Crippen LogP contribution in [0.15, 0.2) is 36.4 Å². The number of nitrogens with zero attached hydrogens (tertiary/aromatic N) is 1. The monoisotopic (exact) mass is 292 g/mol. The number of aryl methyl sites for hydroxylation is 1. The van der Waals surface area contributed by atoms with E-state index in [0.29, 0.717) is 5.69 Å². The van der Waals surface area contributed by atoms with Crippen LogP contribution in [0.3, 0.4) is 0 Å². The van der Waals surface area contributed by atoms with Gasteiger partial charge in [-0.15, -0.1) is 0 Å². The zero-order chi connectivity index (χ0) is 13.4. The van der Waals surface area contributed by atoms with Crippen molar-refractivity contribution in [3.63, 3.8) is 0 Å². The van der Waals surface area contributed by atoms with E-state index in [1.807, 2.05) is 19.1 Å². The maximum absolute atomic E-state index is 13.4. The summed E-state index contributed by atoms with van der Waals surface area (Å²) in [7, 11) is 0. The molecule has 0 unspecified atom stereocenters. The molecule has 0 saturated heterocycles. The van der Waals surface area contributed by atoms with Gasteiger partial charge >= 0.3 is 0 Å². The zero-order valence-electron chi connectivity index (χ0n) is 10.1. The molecule has 2 nitrogen and oxygen atoms in total. The van der Waals surface area contributed by atoms with Crippen LogP contribution in [0.4, 0.5) is 15.2 Å². The first-order valence-corrected chi connectivity index (χ1v) is 6.90. The third-order valence-electron chi connectivity index (χ3n) is 2.71. The number of hydrogen-bond donors (Lipinski definition) is 1. The molecule has 0 aliphatic rings. The lowest BCUT2D eigenvalue weighted by Crippen LogP contribution is -1.90. The Kier molecular flexibility index (Phi) is 3.12. The predicted octanol–water partition coefficient (Wildman–Crippen LogP) is 5.14. The first kappa shape index (κ1) is 12.4. The molecule has 0 bridgehead atoms. The van der Waals surface area contributed by atoms with Crippen LogP contribution in [0.2, 0.25) is 5.02 Å². The lowest BCUT2D eigenvalue weighted by Gasteiger charge is -2.02. The molecule has 0 aliphatic heterocycles. The van der Waals surface area contributed by atoms with Crippen molar-refractivity contribution in [2.24, 2.45) is 0 Å². The van der Waals surface area contributed by atoms with Gasteiger partial charge in [-0.05, 0) is 42.8 Å². The largest absolute Gasteiger partial charge is 0.331 e. The first-order chi connectivity index (χ1) is 9.11. The van der Waals surface area contributed by atoms with Gasteiger partial charge in [-0.3, -0.25) is 0 Å². The molecule has 5 heteroatoms. The molecule has 1 aromatic heterocycles. The van der Waals surface area contributed by atoms with Crippen LogP contribution in [-0.4, -0.2) is 4.98 Å². The van der Waals surface area contributed by atoms with E-state index < -0.39 is 5.82 Å². The molecule has 3 aromatic rings. The third kappa shape index (κ3) is 2.55. The molecule has 0 amide bonds. The number of nitrogens with one attached hydrogen (secondary N) is 1. The summed E-state index contributed by atoms with van der Waals surface area (Å²) in [4.78, 5) is 4.45. The summed E-state index contributed by atoms with van der Waals surface area (Å²) in [6, 6.07) is 10.7. The van der Waals surface area contributed by atoms with Gasteiger partial charge in [0, 0.05) is 5.69 Å². The standard InChI is InChI=1S/C14H10ClFN2S/c1-8-2-5-12-13(6-8)19-14(18-12)17-9-3-4-10(15)11(16)7-9/h2-7H,1H3,(H,17,18). The van der Waals surface area contributed by atoms with E-state index in [1.54, 1.807) is 6.07 Å². The van der Waals surface area contributed by atoms with E-state index in [-0.39, 0.29) is 5.02 Å². The van der Waals surface area contributed by atoms with Gasteiger partial charge in [0.2, 0.25) is 0 Å². The van der Waals surface area contributed by atoms with Gasteiger partial charge < -0.3 is 5.32 Å². The highest BCUT2D eigenvalue weighted by molar-refractivity contribution is 7.22.